The number of terminal acetylenes is 1. The van der Waals surface area contributed by atoms with Crippen molar-refractivity contribution in [3.63, 3.8) is 0 Å². The van der Waals surface area contributed by atoms with E-state index in [-0.39, 0.29) is 6.03 Å². The fourth-order valence-electron chi connectivity index (χ4n) is 2.23. The first-order valence-corrected chi connectivity index (χ1v) is 6.77. The first-order chi connectivity index (χ1) is 9.69. The number of aromatic nitrogens is 1. The van der Waals surface area contributed by atoms with Crippen molar-refractivity contribution in [2.75, 3.05) is 18.4 Å². The zero-order valence-electron chi connectivity index (χ0n) is 11.9. The Morgan fingerprint density at radius 2 is 2.10 bits per heavy atom. The first kappa shape index (κ1) is 14.0. The van der Waals surface area contributed by atoms with Crippen LogP contribution < -0.4 is 5.32 Å². The minimum absolute atomic E-state index is 0.0718. The lowest BCUT2D eigenvalue weighted by Crippen LogP contribution is -2.34. The van der Waals surface area contributed by atoms with Gasteiger partial charge in [0, 0.05) is 35.9 Å². The second kappa shape index (κ2) is 6.16. The Morgan fingerprint density at radius 3 is 2.75 bits per heavy atom. The number of anilines is 1. The molecular formula is C16H19N3O. The van der Waals surface area contributed by atoms with E-state index in [1.807, 2.05) is 48.9 Å². The molecule has 0 spiro atoms. The summed E-state index contributed by atoms with van der Waals surface area (Å²) in [6, 6.07) is 7.77. The number of fused-ring (bicyclic) bond motifs is 1. The van der Waals surface area contributed by atoms with E-state index < -0.39 is 0 Å². The van der Waals surface area contributed by atoms with Crippen molar-refractivity contribution in [1.82, 2.24) is 9.47 Å². The Kier molecular flexibility index (Phi) is 4.31. The van der Waals surface area contributed by atoms with Gasteiger partial charge < -0.3 is 14.8 Å². The number of nitrogens with one attached hydrogen (secondary N) is 1. The molecule has 0 fully saturated rings. The molecule has 0 bridgehead atoms. The van der Waals surface area contributed by atoms with Crippen LogP contribution in [0.3, 0.4) is 0 Å². The third kappa shape index (κ3) is 2.77. The van der Waals surface area contributed by atoms with Gasteiger partial charge in [-0.3, -0.25) is 0 Å². The van der Waals surface area contributed by atoms with Gasteiger partial charge >= 0.3 is 6.03 Å². The summed E-state index contributed by atoms with van der Waals surface area (Å²) in [5, 5.41) is 3.98. The van der Waals surface area contributed by atoms with Gasteiger partial charge in [0.05, 0.1) is 6.54 Å². The zero-order chi connectivity index (χ0) is 14.5. The predicted octanol–water partition coefficient (Wildman–Crippen LogP) is 3.15. The number of nitrogens with zero attached hydrogens (tertiary/aromatic N) is 2. The molecule has 0 saturated heterocycles. The quantitative estimate of drug-likeness (QED) is 0.851. The highest BCUT2D eigenvalue weighted by Crippen LogP contribution is 2.20. The third-order valence-corrected chi connectivity index (χ3v) is 3.33. The highest BCUT2D eigenvalue weighted by molar-refractivity contribution is 5.93. The number of hydrogen-bond donors (Lipinski definition) is 1. The summed E-state index contributed by atoms with van der Waals surface area (Å²) in [5.41, 5.74) is 1.87. The molecule has 4 nitrogen and oxygen atoms in total. The minimum Gasteiger partial charge on any atom is -0.336 e. The number of hydrogen-bond acceptors (Lipinski definition) is 1. The van der Waals surface area contributed by atoms with Gasteiger partial charge in [0.2, 0.25) is 0 Å². The monoisotopic (exact) mass is 269 g/mol. The average molecular weight is 269 g/mol. The molecule has 20 heavy (non-hydrogen) atoms. The van der Waals surface area contributed by atoms with Crippen LogP contribution in [-0.2, 0) is 6.54 Å². The summed E-state index contributed by atoms with van der Waals surface area (Å²) in [4.78, 5) is 13.7. The molecule has 1 aromatic heterocycles. The summed E-state index contributed by atoms with van der Waals surface area (Å²) in [5.74, 6) is 2.63. The maximum atomic E-state index is 12.0. The van der Waals surface area contributed by atoms with Crippen LogP contribution in [0.1, 0.15) is 13.8 Å². The van der Waals surface area contributed by atoms with Crippen LogP contribution in [0.5, 0.6) is 0 Å². The molecule has 0 saturated carbocycles. The van der Waals surface area contributed by atoms with E-state index in [9.17, 15) is 4.79 Å². The molecule has 2 rings (SSSR count). The molecule has 1 aromatic carbocycles. The molecule has 0 aliphatic heterocycles. The second-order valence-electron chi connectivity index (χ2n) is 4.52. The third-order valence-electron chi connectivity index (χ3n) is 3.33. The molecule has 0 radical (unpaired) electrons. The summed E-state index contributed by atoms with van der Waals surface area (Å²) in [6.07, 6.45) is 7.30. The van der Waals surface area contributed by atoms with Crippen molar-refractivity contribution in [1.29, 1.82) is 0 Å². The Balaban J connectivity index is 2.21. The second-order valence-corrected chi connectivity index (χ2v) is 4.52. The predicted molar refractivity (Wildman–Crippen MR) is 82.7 cm³/mol. The molecule has 0 unspecified atom stereocenters. The first-order valence-electron chi connectivity index (χ1n) is 6.77. The van der Waals surface area contributed by atoms with Crippen LogP contribution in [0.15, 0.2) is 30.5 Å². The van der Waals surface area contributed by atoms with Gasteiger partial charge in [-0.05, 0) is 38.1 Å². The van der Waals surface area contributed by atoms with E-state index in [2.05, 4.69) is 11.2 Å². The number of amides is 2. The van der Waals surface area contributed by atoms with Crippen LogP contribution in [0.2, 0.25) is 0 Å². The van der Waals surface area contributed by atoms with Crippen molar-refractivity contribution in [3.8, 4) is 12.3 Å². The summed E-state index contributed by atoms with van der Waals surface area (Å²) in [7, 11) is 0. The van der Waals surface area contributed by atoms with E-state index in [0.29, 0.717) is 19.6 Å². The van der Waals surface area contributed by atoms with E-state index >= 15 is 0 Å². The van der Waals surface area contributed by atoms with Crippen molar-refractivity contribution < 1.29 is 4.79 Å². The fourth-order valence-corrected chi connectivity index (χ4v) is 2.23. The van der Waals surface area contributed by atoms with Crippen LogP contribution in [0.25, 0.3) is 10.9 Å². The minimum atomic E-state index is -0.0718. The molecule has 1 heterocycles. The SMILES string of the molecule is C#CCn1ccc2cc(NC(=O)N(CC)CC)ccc21. The van der Waals surface area contributed by atoms with Crippen LogP contribution in [-0.4, -0.2) is 28.6 Å². The molecule has 2 aromatic rings. The van der Waals surface area contributed by atoms with Crippen molar-refractivity contribution >= 4 is 22.6 Å². The van der Waals surface area contributed by atoms with Crippen LogP contribution in [0, 0.1) is 12.3 Å². The highest BCUT2D eigenvalue weighted by atomic mass is 16.2. The van der Waals surface area contributed by atoms with Gasteiger partial charge in [-0.15, -0.1) is 6.42 Å². The van der Waals surface area contributed by atoms with E-state index in [0.717, 1.165) is 16.6 Å². The molecule has 0 aliphatic carbocycles. The summed E-state index contributed by atoms with van der Waals surface area (Å²) in [6.45, 7) is 5.87. The number of carbonyl (C=O) groups is 1. The molecular weight excluding hydrogens is 250 g/mol. The highest BCUT2D eigenvalue weighted by Gasteiger charge is 2.10. The van der Waals surface area contributed by atoms with E-state index in [1.165, 1.54) is 0 Å². The molecule has 104 valence electrons. The largest absolute Gasteiger partial charge is 0.336 e. The molecule has 2 amide bonds. The lowest BCUT2D eigenvalue weighted by molar-refractivity contribution is 0.217. The van der Waals surface area contributed by atoms with E-state index in [1.54, 1.807) is 4.90 Å². The molecule has 0 atom stereocenters. The topological polar surface area (TPSA) is 37.3 Å². The van der Waals surface area contributed by atoms with E-state index in [4.69, 9.17) is 6.42 Å². The zero-order valence-corrected chi connectivity index (χ0v) is 11.9. The lowest BCUT2D eigenvalue weighted by atomic mass is 10.2. The average Bonchev–Trinajstić information content (AvgIpc) is 2.83. The van der Waals surface area contributed by atoms with Gasteiger partial charge in [-0.2, -0.15) is 0 Å². The van der Waals surface area contributed by atoms with Gasteiger partial charge in [0.1, 0.15) is 0 Å². The standard InChI is InChI=1S/C16H19N3O/c1-4-10-19-11-9-13-12-14(7-8-15(13)19)17-16(20)18(5-2)6-3/h1,7-9,11-12H,5-6,10H2,2-3H3,(H,17,20). The van der Waals surface area contributed by atoms with Crippen LogP contribution >= 0.6 is 0 Å². The Bertz CT molecular complexity index is 647. The number of benzene rings is 1. The van der Waals surface area contributed by atoms with Crippen molar-refractivity contribution in [2.24, 2.45) is 0 Å². The summed E-state index contributed by atoms with van der Waals surface area (Å²) < 4.78 is 2.01. The van der Waals surface area contributed by atoms with Crippen LogP contribution in [0.4, 0.5) is 10.5 Å². The lowest BCUT2D eigenvalue weighted by Gasteiger charge is -2.19. The molecule has 4 heteroatoms. The Hall–Kier alpha value is -2.41. The molecule has 1 N–H and O–H groups in total. The maximum absolute atomic E-state index is 12.0. The van der Waals surface area contributed by atoms with Gasteiger partial charge in [-0.25, -0.2) is 4.79 Å². The smallest absolute Gasteiger partial charge is 0.321 e. The van der Waals surface area contributed by atoms with Gasteiger partial charge in [0.15, 0.2) is 0 Å². The normalized spacial score (nSPS) is 10.2. The van der Waals surface area contributed by atoms with Gasteiger partial charge in [0.25, 0.3) is 0 Å². The van der Waals surface area contributed by atoms with Crippen molar-refractivity contribution in [3.05, 3.63) is 30.5 Å². The fraction of sp³-hybridized carbons (Fsp3) is 0.312. The Labute approximate surface area is 119 Å². The Morgan fingerprint density at radius 1 is 1.35 bits per heavy atom. The number of rotatable bonds is 4. The maximum Gasteiger partial charge on any atom is 0.321 e. The van der Waals surface area contributed by atoms with Gasteiger partial charge in [-0.1, -0.05) is 5.92 Å². The number of urea groups is 1. The molecule has 0 aliphatic rings. The summed E-state index contributed by atoms with van der Waals surface area (Å²) >= 11 is 0. The number of carbonyl (C=O) groups excluding carboxylic acids is 1. The van der Waals surface area contributed by atoms with Crippen molar-refractivity contribution in [2.45, 2.75) is 20.4 Å².